The highest BCUT2D eigenvalue weighted by Crippen LogP contribution is 1.97. The molecule has 0 atom stereocenters. The van der Waals surface area contributed by atoms with Crippen molar-refractivity contribution in [2.75, 3.05) is 18.6 Å². The molecule has 0 aromatic rings. The molecule has 0 aliphatic heterocycles. The van der Waals surface area contributed by atoms with Gasteiger partial charge in [-0.25, -0.2) is 8.42 Å². The van der Waals surface area contributed by atoms with Crippen molar-refractivity contribution in [3.05, 3.63) is 0 Å². The molecule has 5 nitrogen and oxygen atoms in total. The molecule has 0 heterocycles. The summed E-state index contributed by atoms with van der Waals surface area (Å²) in [7, 11) is -2.83. The van der Waals surface area contributed by atoms with Crippen LogP contribution < -0.4 is 11.1 Å². The average molecular weight is 206 g/mol. The summed E-state index contributed by atoms with van der Waals surface area (Å²) >= 11 is 0. The van der Waals surface area contributed by atoms with Gasteiger partial charge in [-0.2, -0.15) is 0 Å². The van der Waals surface area contributed by atoms with Gasteiger partial charge in [0.25, 0.3) is 0 Å². The largest absolute Gasteiger partial charge is 0.369 e. The van der Waals surface area contributed by atoms with Crippen molar-refractivity contribution in [1.29, 1.82) is 5.41 Å². The first-order chi connectivity index (χ1) is 5.92. The quantitative estimate of drug-likeness (QED) is 0.354. The van der Waals surface area contributed by atoms with Crippen molar-refractivity contribution < 1.29 is 8.42 Å². The number of nitrogens with zero attached hydrogens (tertiary/aromatic N) is 1. The molecular weight excluding hydrogens is 190 g/mol. The van der Waals surface area contributed by atoms with E-state index in [2.05, 4.69) is 5.32 Å². The van der Waals surface area contributed by atoms with E-state index in [1.807, 2.05) is 0 Å². The fourth-order valence-corrected chi connectivity index (χ4v) is 1.58. The molecule has 0 aliphatic rings. The van der Waals surface area contributed by atoms with Crippen LogP contribution in [0.15, 0.2) is 0 Å². The fraction of sp³-hybridized carbons (Fsp3) is 0.857. The molecule has 0 bridgehead atoms. The Hall–Kier alpha value is -0.780. The highest BCUT2D eigenvalue weighted by molar-refractivity contribution is 7.90. The molecule has 1 radical (unpaired) electrons. The van der Waals surface area contributed by atoms with E-state index in [0.717, 1.165) is 12.8 Å². The Morgan fingerprint density at radius 2 is 2.00 bits per heavy atom. The van der Waals surface area contributed by atoms with Gasteiger partial charge in [0.05, 0.1) is 0 Å². The third-order valence-corrected chi connectivity index (χ3v) is 2.49. The van der Waals surface area contributed by atoms with Gasteiger partial charge in [0.1, 0.15) is 9.84 Å². The lowest BCUT2D eigenvalue weighted by atomic mass is 10.2. The molecule has 0 aliphatic carbocycles. The van der Waals surface area contributed by atoms with E-state index in [4.69, 9.17) is 11.1 Å². The van der Waals surface area contributed by atoms with Gasteiger partial charge in [-0.3, -0.25) is 10.7 Å². The van der Waals surface area contributed by atoms with Gasteiger partial charge in [0.15, 0.2) is 0 Å². The number of hydrogen-bond acceptors (Lipinski definition) is 3. The molecule has 13 heavy (non-hydrogen) atoms. The SMILES string of the molecule is CS(=O)(=O)CCCCC[N]C(=N)N. The number of sulfone groups is 1. The lowest BCUT2D eigenvalue weighted by molar-refractivity contribution is 0.594. The van der Waals surface area contributed by atoms with Gasteiger partial charge < -0.3 is 5.73 Å². The number of nitrogens with two attached hydrogens (primary N) is 1. The van der Waals surface area contributed by atoms with E-state index in [0.29, 0.717) is 13.0 Å². The molecule has 0 fully saturated rings. The van der Waals surface area contributed by atoms with Gasteiger partial charge in [0, 0.05) is 18.6 Å². The molecule has 0 saturated heterocycles. The summed E-state index contributed by atoms with van der Waals surface area (Å²) < 4.78 is 21.4. The van der Waals surface area contributed by atoms with E-state index in [9.17, 15) is 8.42 Å². The first-order valence-corrected chi connectivity index (χ1v) is 6.17. The van der Waals surface area contributed by atoms with Crippen LogP contribution in [0.2, 0.25) is 0 Å². The van der Waals surface area contributed by atoms with Crippen LogP contribution >= 0.6 is 0 Å². The van der Waals surface area contributed by atoms with Crippen molar-refractivity contribution in [3.63, 3.8) is 0 Å². The summed E-state index contributed by atoms with van der Waals surface area (Å²) in [6.45, 7) is 0.513. The van der Waals surface area contributed by atoms with E-state index in [1.165, 1.54) is 6.26 Å². The normalized spacial score (nSPS) is 11.2. The minimum absolute atomic E-state index is 0.164. The molecule has 6 heteroatoms. The van der Waals surface area contributed by atoms with Crippen molar-refractivity contribution in [2.45, 2.75) is 19.3 Å². The predicted octanol–water partition coefficient (Wildman–Crippen LogP) is -0.301. The Balaban J connectivity index is 3.23. The second-order valence-corrected chi connectivity index (χ2v) is 5.22. The lowest BCUT2D eigenvalue weighted by Gasteiger charge is -2.00. The van der Waals surface area contributed by atoms with Crippen LogP contribution in [-0.2, 0) is 9.84 Å². The Morgan fingerprint density at radius 1 is 1.38 bits per heavy atom. The van der Waals surface area contributed by atoms with Crippen LogP contribution in [0.1, 0.15) is 19.3 Å². The first-order valence-electron chi connectivity index (χ1n) is 4.11. The Kier molecular flexibility index (Phi) is 5.45. The molecule has 0 amide bonds. The smallest absolute Gasteiger partial charge is 0.207 e. The zero-order valence-electron chi connectivity index (χ0n) is 7.78. The molecule has 0 spiro atoms. The van der Waals surface area contributed by atoms with Crippen LogP contribution in [0, 0.1) is 5.41 Å². The van der Waals surface area contributed by atoms with Crippen molar-refractivity contribution in [3.8, 4) is 0 Å². The first kappa shape index (κ1) is 12.2. The zero-order chi connectivity index (χ0) is 10.3. The Morgan fingerprint density at radius 3 is 2.46 bits per heavy atom. The summed E-state index contributed by atoms with van der Waals surface area (Å²) in [5, 5.41) is 10.5. The third-order valence-electron chi connectivity index (χ3n) is 1.46. The molecule has 0 saturated carbocycles. The molecule has 0 aromatic carbocycles. The van der Waals surface area contributed by atoms with E-state index in [1.54, 1.807) is 0 Å². The number of rotatable bonds is 6. The average Bonchev–Trinajstić information content (AvgIpc) is 1.93. The van der Waals surface area contributed by atoms with Crippen LogP contribution in [0.25, 0.3) is 0 Å². The van der Waals surface area contributed by atoms with E-state index >= 15 is 0 Å². The molecule has 0 rings (SSSR count). The lowest BCUT2D eigenvalue weighted by Crippen LogP contribution is -2.24. The second kappa shape index (κ2) is 5.80. The maximum atomic E-state index is 10.7. The third kappa shape index (κ3) is 11.2. The van der Waals surface area contributed by atoms with Crippen LogP contribution in [0.4, 0.5) is 0 Å². The second-order valence-electron chi connectivity index (χ2n) is 2.96. The highest BCUT2D eigenvalue weighted by atomic mass is 32.2. The van der Waals surface area contributed by atoms with Crippen LogP contribution in [0.5, 0.6) is 0 Å². The maximum Gasteiger partial charge on any atom is 0.207 e. The summed E-state index contributed by atoms with van der Waals surface area (Å²) in [5.74, 6) is 0.0655. The van der Waals surface area contributed by atoms with Gasteiger partial charge in [0.2, 0.25) is 5.96 Å². The molecule has 0 unspecified atom stereocenters. The predicted molar refractivity (Wildman–Crippen MR) is 52.5 cm³/mol. The summed E-state index contributed by atoms with van der Waals surface area (Å²) in [4.78, 5) is 0. The van der Waals surface area contributed by atoms with Gasteiger partial charge in [-0.1, -0.05) is 6.42 Å². The number of guanidine groups is 1. The highest BCUT2D eigenvalue weighted by Gasteiger charge is 2.00. The van der Waals surface area contributed by atoms with Crippen molar-refractivity contribution in [1.82, 2.24) is 5.32 Å². The topological polar surface area (TPSA) is 98.1 Å². The number of hydrogen-bond donors (Lipinski definition) is 2. The summed E-state index contributed by atoms with van der Waals surface area (Å²) in [6.07, 6.45) is 3.48. The molecule has 3 N–H and O–H groups in total. The minimum atomic E-state index is -2.83. The summed E-state index contributed by atoms with van der Waals surface area (Å²) in [5.41, 5.74) is 5.00. The van der Waals surface area contributed by atoms with Crippen molar-refractivity contribution in [2.24, 2.45) is 5.73 Å². The van der Waals surface area contributed by atoms with Gasteiger partial charge >= 0.3 is 0 Å². The minimum Gasteiger partial charge on any atom is -0.369 e. The fourth-order valence-electron chi connectivity index (χ4n) is 0.852. The standard InChI is InChI=1S/C7H16N3O2S/c1-13(11,12)6-4-2-3-5-10-7(8)9/h2-6H2,1H3,(H3,8,9). The van der Waals surface area contributed by atoms with Crippen molar-refractivity contribution >= 4 is 15.8 Å². The monoisotopic (exact) mass is 206 g/mol. The van der Waals surface area contributed by atoms with Gasteiger partial charge in [-0.05, 0) is 12.8 Å². The molecule has 0 aromatic heterocycles. The number of nitrogens with one attached hydrogen (secondary N) is 1. The van der Waals surface area contributed by atoms with Crippen LogP contribution in [-0.4, -0.2) is 32.9 Å². The maximum absolute atomic E-state index is 10.7. The molecule has 77 valence electrons. The van der Waals surface area contributed by atoms with Crippen LogP contribution in [0.3, 0.4) is 0 Å². The Labute approximate surface area is 79.1 Å². The summed E-state index contributed by atoms with van der Waals surface area (Å²) in [6, 6.07) is 0. The van der Waals surface area contributed by atoms with E-state index < -0.39 is 9.84 Å². The Bertz CT molecular complexity index is 248. The zero-order valence-corrected chi connectivity index (χ0v) is 8.60. The molecular formula is C7H16N3O2S. The van der Waals surface area contributed by atoms with E-state index in [-0.39, 0.29) is 11.7 Å². The van der Waals surface area contributed by atoms with Gasteiger partial charge in [-0.15, -0.1) is 0 Å². The number of unbranched alkanes of at least 4 members (excludes halogenated alkanes) is 2.